The smallest absolute Gasteiger partial charge is 0.493 e. The minimum absolute atomic E-state index is 0.161. The Hall–Kier alpha value is -3.71. The number of ether oxygens (including phenoxy) is 4. The quantitative estimate of drug-likeness (QED) is 0.103. The predicted molar refractivity (Wildman–Crippen MR) is 160 cm³/mol. The van der Waals surface area contributed by atoms with E-state index in [1.165, 1.54) is 20.3 Å². The van der Waals surface area contributed by atoms with Crippen LogP contribution in [0.3, 0.4) is 0 Å². The van der Waals surface area contributed by atoms with E-state index in [1.54, 1.807) is 54.3 Å². The van der Waals surface area contributed by atoms with Crippen molar-refractivity contribution in [3.63, 3.8) is 0 Å². The van der Waals surface area contributed by atoms with Gasteiger partial charge >= 0.3 is 8.80 Å². The fourth-order valence-corrected chi connectivity index (χ4v) is 6.96. The standard InChI is InChI=1S/C30H41N3O8Si/c1-7-39-42(40-8-2,41-9-3)20-10-19-33-21-25(31-32-33)22-38-26-15-11-23(12-16-26)27(34)17-13-24-14-18-28(35-4)30(37-6)29(24)36-5/h11-18,21H,7-10,19-20,22H2,1-6H3/b17-13+. The van der Waals surface area contributed by atoms with E-state index in [9.17, 15) is 4.79 Å². The fraction of sp³-hybridized carbons (Fsp3) is 0.433. The number of aromatic nitrogens is 3. The van der Waals surface area contributed by atoms with Crippen LogP contribution in [0.4, 0.5) is 0 Å². The van der Waals surface area contributed by atoms with Crippen LogP contribution in [0.25, 0.3) is 6.08 Å². The van der Waals surface area contributed by atoms with Crippen LogP contribution in [0.1, 0.15) is 48.8 Å². The average Bonchev–Trinajstić information content (AvgIpc) is 3.46. The Bertz CT molecular complexity index is 1280. The molecular formula is C30H41N3O8Si. The van der Waals surface area contributed by atoms with Crippen LogP contribution < -0.4 is 18.9 Å². The third-order valence-corrected chi connectivity index (χ3v) is 9.37. The maximum Gasteiger partial charge on any atom is 0.500 e. The summed E-state index contributed by atoms with van der Waals surface area (Å²) in [5, 5.41) is 8.41. The van der Waals surface area contributed by atoms with E-state index in [4.69, 9.17) is 32.2 Å². The number of nitrogens with zero attached hydrogens (tertiary/aromatic N) is 3. The van der Waals surface area contributed by atoms with Crippen molar-refractivity contribution in [1.82, 2.24) is 15.0 Å². The van der Waals surface area contributed by atoms with Crippen LogP contribution >= 0.6 is 0 Å². The topological polar surface area (TPSA) is 112 Å². The first kappa shape index (κ1) is 32.8. The molecule has 0 amide bonds. The highest BCUT2D eigenvalue weighted by Crippen LogP contribution is 2.40. The summed E-state index contributed by atoms with van der Waals surface area (Å²) in [7, 11) is 1.95. The zero-order valence-electron chi connectivity index (χ0n) is 25.3. The van der Waals surface area contributed by atoms with Crippen molar-refractivity contribution in [1.29, 1.82) is 0 Å². The van der Waals surface area contributed by atoms with Crippen LogP contribution in [0, 0.1) is 0 Å². The third kappa shape index (κ3) is 8.89. The molecule has 3 aromatic rings. The second-order valence-corrected chi connectivity index (χ2v) is 11.7. The summed E-state index contributed by atoms with van der Waals surface area (Å²) >= 11 is 0. The van der Waals surface area contributed by atoms with Gasteiger partial charge in [0.15, 0.2) is 17.3 Å². The molecule has 11 nitrogen and oxygen atoms in total. The van der Waals surface area contributed by atoms with E-state index in [0.717, 1.165) is 6.42 Å². The van der Waals surface area contributed by atoms with E-state index in [2.05, 4.69) is 10.3 Å². The summed E-state index contributed by atoms with van der Waals surface area (Å²) in [4.78, 5) is 12.8. The number of methoxy groups -OCH3 is 3. The van der Waals surface area contributed by atoms with Gasteiger partial charge in [0.2, 0.25) is 5.75 Å². The van der Waals surface area contributed by atoms with Gasteiger partial charge in [-0.2, -0.15) is 0 Å². The van der Waals surface area contributed by atoms with Crippen molar-refractivity contribution in [3.05, 3.63) is 65.5 Å². The summed E-state index contributed by atoms with van der Waals surface area (Å²) in [5.41, 5.74) is 1.91. The Morgan fingerprint density at radius 2 is 1.55 bits per heavy atom. The van der Waals surface area contributed by atoms with E-state index in [-0.39, 0.29) is 12.4 Å². The molecule has 0 aliphatic rings. The molecule has 0 unspecified atom stereocenters. The molecule has 0 saturated carbocycles. The molecule has 0 aliphatic carbocycles. The Labute approximate surface area is 248 Å². The number of carbonyl (C=O) groups excluding carboxylic acids is 1. The largest absolute Gasteiger partial charge is 0.500 e. The van der Waals surface area contributed by atoms with Crippen LogP contribution in [-0.4, -0.2) is 70.7 Å². The van der Waals surface area contributed by atoms with E-state index < -0.39 is 8.80 Å². The minimum atomic E-state index is -2.68. The normalized spacial score (nSPS) is 11.6. The zero-order valence-corrected chi connectivity index (χ0v) is 26.3. The number of rotatable bonds is 19. The van der Waals surface area contributed by atoms with Crippen LogP contribution in [0.2, 0.25) is 6.04 Å². The molecule has 3 rings (SSSR count). The van der Waals surface area contributed by atoms with Gasteiger partial charge in [-0.3, -0.25) is 9.48 Å². The summed E-state index contributed by atoms with van der Waals surface area (Å²) in [6.07, 6.45) is 5.82. The minimum Gasteiger partial charge on any atom is -0.493 e. The van der Waals surface area contributed by atoms with Crippen LogP contribution in [0.5, 0.6) is 23.0 Å². The molecule has 0 bridgehead atoms. The highest BCUT2D eigenvalue weighted by atomic mass is 28.4. The summed E-state index contributed by atoms with van der Waals surface area (Å²) in [6, 6.07) is 11.2. The first-order chi connectivity index (χ1) is 20.4. The summed E-state index contributed by atoms with van der Waals surface area (Å²) in [6.45, 7) is 8.42. The fourth-order valence-electron chi connectivity index (χ4n) is 4.36. The van der Waals surface area contributed by atoms with E-state index in [0.29, 0.717) is 72.2 Å². The zero-order chi connectivity index (χ0) is 30.4. The molecule has 0 N–H and O–H groups in total. The molecule has 0 atom stereocenters. The van der Waals surface area contributed by atoms with Gasteiger partial charge in [-0.25, -0.2) is 0 Å². The molecule has 228 valence electrons. The van der Waals surface area contributed by atoms with Gasteiger partial charge in [0, 0.05) is 43.5 Å². The highest BCUT2D eigenvalue weighted by Gasteiger charge is 2.39. The van der Waals surface area contributed by atoms with Crippen molar-refractivity contribution >= 4 is 20.7 Å². The van der Waals surface area contributed by atoms with E-state index >= 15 is 0 Å². The second-order valence-electron chi connectivity index (χ2n) is 8.99. The average molecular weight is 600 g/mol. The van der Waals surface area contributed by atoms with Gasteiger partial charge in [0.05, 0.1) is 27.5 Å². The number of hydrogen-bond acceptors (Lipinski definition) is 10. The Morgan fingerprint density at radius 3 is 2.14 bits per heavy atom. The molecule has 0 fully saturated rings. The summed E-state index contributed by atoms with van der Waals surface area (Å²) < 4.78 is 41.6. The Kier molecular flexibility index (Phi) is 13.0. The number of benzene rings is 2. The van der Waals surface area contributed by atoms with Crippen molar-refractivity contribution in [2.45, 2.75) is 46.4 Å². The molecule has 0 saturated heterocycles. The molecule has 42 heavy (non-hydrogen) atoms. The first-order valence-corrected chi connectivity index (χ1v) is 15.9. The SMILES string of the molecule is CCO[Si](CCCn1cc(COc2ccc(C(=O)/C=C/c3ccc(OC)c(OC)c3OC)cc2)nn1)(OCC)OCC. The van der Waals surface area contributed by atoms with E-state index in [1.807, 2.05) is 27.0 Å². The lowest BCUT2D eigenvalue weighted by molar-refractivity contribution is 0.0704. The van der Waals surface area contributed by atoms with Gasteiger partial charge in [-0.05, 0) is 75.7 Å². The lowest BCUT2D eigenvalue weighted by atomic mass is 10.1. The lowest BCUT2D eigenvalue weighted by Crippen LogP contribution is -2.46. The number of hydrogen-bond donors (Lipinski definition) is 0. The highest BCUT2D eigenvalue weighted by molar-refractivity contribution is 6.60. The number of carbonyl (C=O) groups is 1. The van der Waals surface area contributed by atoms with Gasteiger partial charge in [0.1, 0.15) is 18.1 Å². The molecular weight excluding hydrogens is 558 g/mol. The maximum absolute atomic E-state index is 12.8. The van der Waals surface area contributed by atoms with Crippen LogP contribution in [0.15, 0.2) is 48.7 Å². The molecule has 12 heteroatoms. The number of ketones is 1. The van der Waals surface area contributed by atoms with Gasteiger partial charge in [-0.15, -0.1) is 5.10 Å². The molecule has 0 radical (unpaired) electrons. The summed E-state index contributed by atoms with van der Waals surface area (Å²) in [5.74, 6) is 1.95. The van der Waals surface area contributed by atoms with Crippen molar-refractivity contribution in [2.75, 3.05) is 41.2 Å². The number of allylic oxidation sites excluding steroid dienone is 1. The predicted octanol–water partition coefficient (Wildman–Crippen LogP) is 5.22. The Morgan fingerprint density at radius 1 is 0.881 bits per heavy atom. The molecule has 0 spiro atoms. The van der Waals surface area contributed by atoms with Crippen molar-refractivity contribution in [2.24, 2.45) is 0 Å². The number of aryl methyl sites for hydroxylation is 1. The van der Waals surface area contributed by atoms with Crippen molar-refractivity contribution < 1.29 is 37.0 Å². The third-order valence-electron chi connectivity index (χ3n) is 6.22. The first-order valence-electron chi connectivity index (χ1n) is 14.0. The van der Waals surface area contributed by atoms with Gasteiger partial charge in [-0.1, -0.05) is 5.21 Å². The van der Waals surface area contributed by atoms with Crippen molar-refractivity contribution in [3.8, 4) is 23.0 Å². The molecule has 1 aromatic heterocycles. The molecule has 1 heterocycles. The molecule has 2 aromatic carbocycles. The van der Waals surface area contributed by atoms with Gasteiger partial charge in [0.25, 0.3) is 0 Å². The lowest BCUT2D eigenvalue weighted by Gasteiger charge is -2.28. The maximum atomic E-state index is 12.8. The van der Waals surface area contributed by atoms with Gasteiger partial charge < -0.3 is 32.2 Å². The second kappa shape index (κ2) is 16.7. The Balaban J connectivity index is 1.53. The monoisotopic (exact) mass is 599 g/mol. The van der Waals surface area contributed by atoms with Crippen LogP contribution in [-0.2, 0) is 26.4 Å². The molecule has 0 aliphatic heterocycles.